The van der Waals surface area contributed by atoms with E-state index in [-0.39, 0.29) is 0 Å². The van der Waals surface area contributed by atoms with Crippen LogP contribution in [0.15, 0.2) is 42.3 Å². The molecule has 0 radical (unpaired) electrons. The van der Waals surface area contributed by atoms with Gasteiger partial charge in [-0.2, -0.15) is 0 Å². The van der Waals surface area contributed by atoms with Crippen LogP contribution in [0, 0.1) is 0 Å². The van der Waals surface area contributed by atoms with Gasteiger partial charge in [0.1, 0.15) is 11.6 Å². The molecule has 1 fully saturated rings. The van der Waals surface area contributed by atoms with Crippen molar-refractivity contribution in [2.45, 2.75) is 19.3 Å². The maximum Gasteiger partial charge on any atom is 0.146 e. The molecule has 1 saturated heterocycles. The van der Waals surface area contributed by atoms with Crippen molar-refractivity contribution in [2.75, 3.05) is 18.0 Å². The predicted octanol–water partition coefficient (Wildman–Crippen LogP) is 3.38. The van der Waals surface area contributed by atoms with E-state index in [2.05, 4.69) is 35.9 Å². The van der Waals surface area contributed by atoms with Crippen molar-refractivity contribution in [1.82, 2.24) is 18.9 Å². The molecule has 6 heteroatoms. The van der Waals surface area contributed by atoms with Crippen molar-refractivity contribution < 1.29 is 0 Å². The van der Waals surface area contributed by atoms with Crippen LogP contribution < -0.4 is 4.90 Å². The van der Waals surface area contributed by atoms with Gasteiger partial charge in [-0.05, 0) is 42.9 Å². The minimum Gasteiger partial charge on any atom is -0.357 e. The van der Waals surface area contributed by atoms with Crippen LogP contribution in [0.2, 0.25) is 0 Å². The van der Waals surface area contributed by atoms with Gasteiger partial charge in [-0.1, -0.05) is 0 Å². The molecule has 5 nitrogen and oxygen atoms in total. The highest BCUT2D eigenvalue weighted by Crippen LogP contribution is 2.23. The zero-order chi connectivity index (χ0) is 14.8. The van der Waals surface area contributed by atoms with E-state index in [9.17, 15) is 0 Å². The fourth-order valence-electron chi connectivity index (χ4n) is 2.87. The quantitative estimate of drug-likeness (QED) is 0.744. The highest BCUT2D eigenvalue weighted by Gasteiger charge is 2.13. The Hall–Kier alpha value is -2.21. The third-order valence-electron chi connectivity index (χ3n) is 4.02. The minimum atomic E-state index is 0.904. The predicted molar refractivity (Wildman–Crippen MR) is 88.5 cm³/mol. The molecule has 4 rings (SSSR count). The number of pyridine rings is 1. The molecule has 3 aromatic heterocycles. The molecule has 112 valence electrons. The Balaban J connectivity index is 1.63. The van der Waals surface area contributed by atoms with Gasteiger partial charge in [0.25, 0.3) is 0 Å². The summed E-state index contributed by atoms with van der Waals surface area (Å²) in [5.74, 6) is 1.98. The molecule has 0 aliphatic carbocycles. The maximum atomic E-state index is 4.65. The van der Waals surface area contributed by atoms with Gasteiger partial charge in [-0.3, -0.25) is 4.57 Å². The van der Waals surface area contributed by atoms with Crippen molar-refractivity contribution in [2.24, 2.45) is 0 Å². The van der Waals surface area contributed by atoms with E-state index in [0.717, 1.165) is 36.0 Å². The molecule has 3 aromatic rings. The van der Waals surface area contributed by atoms with Crippen molar-refractivity contribution in [3.63, 3.8) is 0 Å². The third-order valence-corrected chi connectivity index (χ3v) is 4.61. The van der Waals surface area contributed by atoms with Crippen LogP contribution in [-0.2, 0) is 0 Å². The molecule has 0 saturated carbocycles. The van der Waals surface area contributed by atoms with Gasteiger partial charge in [0, 0.05) is 36.4 Å². The van der Waals surface area contributed by atoms with Gasteiger partial charge in [0.2, 0.25) is 0 Å². The first-order chi connectivity index (χ1) is 10.9. The summed E-state index contributed by atoms with van der Waals surface area (Å²) in [6, 6.07) is 4.22. The molecular formula is C16H17N5S. The lowest BCUT2D eigenvalue weighted by Gasteiger charge is -2.27. The van der Waals surface area contributed by atoms with E-state index < -0.39 is 0 Å². The molecule has 0 aromatic carbocycles. The zero-order valence-electron chi connectivity index (χ0n) is 12.2. The molecule has 0 atom stereocenters. The van der Waals surface area contributed by atoms with Gasteiger partial charge < -0.3 is 4.90 Å². The van der Waals surface area contributed by atoms with Crippen molar-refractivity contribution >= 4 is 17.4 Å². The smallest absolute Gasteiger partial charge is 0.146 e. The maximum absolute atomic E-state index is 4.65. The Morgan fingerprint density at radius 2 is 1.91 bits per heavy atom. The fraction of sp³-hybridized carbons (Fsp3) is 0.312. The van der Waals surface area contributed by atoms with Crippen molar-refractivity contribution in [1.29, 1.82) is 0 Å². The van der Waals surface area contributed by atoms with Gasteiger partial charge in [-0.15, -0.1) is 0 Å². The molecule has 0 N–H and O–H groups in total. The number of piperidine rings is 1. The minimum absolute atomic E-state index is 0.904. The lowest BCUT2D eigenvalue weighted by Crippen LogP contribution is -2.30. The van der Waals surface area contributed by atoms with Crippen LogP contribution in [0.1, 0.15) is 19.3 Å². The van der Waals surface area contributed by atoms with E-state index in [4.69, 9.17) is 0 Å². The summed E-state index contributed by atoms with van der Waals surface area (Å²) in [4.78, 5) is 11.4. The lowest BCUT2D eigenvalue weighted by molar-refractivity contribution is 0.573. The van der Waals surface area contributed by atoms with Crippen LogP contribution >= 0.6 is 11.5 Å². The van der Waals surface area contributed by atoms with E-state index >= 15 is 0 Å². The van der Waals surface area contributed by atoms with Crippen LogP contribution in [0.4, 0.5) is 5.82 Å². The standard InChI is InChI=1S/C16H17N5S/c1-2-7-20(8-3-1)15-5-4-14(11-18-15)21-9-6-17-16(21)13-10-19-22-12-13/h4-6,9-12H,1-3,7-8H2. The van der Waals surface area contributed by atoms with Crippen LogP contribution in [-0.4, -0.2) is 32.0 Å². The zero-order valence-corrected chi connectivity index (χ0v) is 13.0. The number of hydrogen-bond donors (Lipinski definition) is 0. The molecule has 0 unspecified atom stereocenters. The Morgan fingerprint density at radius 1 is 1.00 bits per heavy atom. The summed E-state index contributed by atoms with van der Waals surface area (Å²) in [6.45, 7) is 2.23. The Kier molecular flexibility index (Phi) is 3.60. The van der Waals surface area contributed by atoms with Crippen LogP contribution in [0.3, 0.4) is 0 Å². The first kappa shape index (κ1) is 13.5. The normalized spacial score (nSPS) is 15.2. The SMILES string of the molecule is c1cn(-c2ccc(N3CCCCC3)nc2)c(-c2cnsc2)n1. The van der Waals surface area contributed by atoms with Crippen molar-refractivity contribution in [3.05, 3.63) is 42.3 Å². The monoisotopic (exact) mass is 311 g/mol. The second kappa shape index (κ2) is 5.88. The first-order valence-electron chi connectivity index (χ1n) is 7.56. The molecular weight excluding hydrogens is 294 g/mol. The highest BCUT2D eigenvalue weighted by molar-refractivity contribution is 7.03. The van der Waals surface area contributed by atoms with Crippen LogP contribution in [0.5, 0.6) is 0 Å². The Labute approximate surface area is 133 Å². The summed E-state index contributed by atoms with van der Waals surface area (Å²) in [5.41, 5.74) is 2.06. The molecule has 0 bridgehead atoms. The number of anilines is 1. The number of nitrogens with zero attached hydrogens (tertiary/aromatic N) is 5. The third kappa shape index (κ3) is 2.50. The Bertz CT molecular complexity index is 726. The largest absolute Gasteiger partial charge is 0.357 e. The van der Waals surface area contributed by atoms with E-state index in [1.165, 1.54) is 30.8 Å². The summed E-state index contributed by atoms with van der Waals surface area (Å²) in [7, 11) is 0. The fourth-order valence-corrected chi connectivity index (χ4v) is 3.39. The Morgan fingerprint density at radius 3 is 2.64 bits per heavy atom. The summed E-state index contributed by atoms with van der Waals surface area (Å²) in [6.07, 6.45) is 11.4. The van der Waals surface area contributed by atoms with Crippen molar-refractivity contribution in [3.8, 4) is 17.1 Å². The number of aromatic nitrogens is 4. The number of rotatable bonds is 3. The van der Waals surface area contributed by atoms with Gasteiger partial charge in [0.05, 0.1) is 18.1 Å². The van der Waals surface area contributed by atoms with Gasteiger partial charge in [-0.25, -0.2) is 14.3 Å². The summed E-state index contributed by atoms with van der Waals surface area (Å²) >= 11 is 1.44. The summed E-state index contributed by atoms with van der Waals surface area (Å²) in [5, 5.41) is 2.01. The first-order valence-corrected chi connectivity index (χ1v) is 8.40. The van der Waals surface area contributed by atoms with E-state index in [1.54, 1.807) is 0 Å². The average molecular weight is 311 g/mol. The topological polar surface area (TPSA) is 46.8 Å². The molecule has 4 heterocycles. The molecule has 0 spiro atoms. The second-order valence-corrected chi connectivity index (χ2v) is 6.11. The second-order valence-electron chi connectivity index (χ2n) is 5.46. The van der Waals surface area contributed by atoms with Crippen LogP contribution in [0.25, 0.3) is 17.1 Å². The molecule has 1 aliphatic rings. The molecule has 0 amide bonds. The number of imidazole rings is 1. The van der Waals surface area contributed by atoms with Gasteiger partial charge >= 0.3 is 0 Å². The number of hydrogen-bond acceptors (Lipinski definition) is 5. The van der Waals surface area contributed by atoms with Gasteiger partial charge in [0.15, 0.2) is 0 Å². The lowest BCUT2D eigenvalue weighted by atomic mass is 10.1. The van der Waals surface area contributed by atoms with E-state index in [0.29, 0.717) is 0 Å². The highest BCUT2D eigenvalue weighted by atomic mass is 32.1. The molecule has 22 heavy (non-hydrogen) atoms. The summed E-state index contributed by atoms with van der Waals surface area (Å²) < 4.78 is 6.21. The average Bonchev–Trinajstić information content (AvgIpc) is 3.27. The van der Waals surface area contributed by atoms with E-state index in [1.807, 2.05) is 30.2 Å². The molecule has 1 aliphatic heterocycles.